The smallest absolute Gasteiger partial charge is 0.335 e. The number of nitrogens with two attached hydrogens (primary N) is 1. The molecule has 1 saturated heterocycles. The van der Waals surface area contributed by atoms with E-state index in [1.54, 1.807) is 11.0 Å². The second-order valence-corrected chi connectivity index (χ2v) is 5.37. The zero-order valence-electron chi connectivity index (χ0n) is 11.8. The van der Waals surface area contributed by atoms with E-state index in [1.807, 2.05) is 6.92 Å². The molecule has 0 aliphatic carbocycles. The van der Waals surface area contributed by atoms with E-state index in [0.29, 0.717) is 18.4 Å². The molecule has 1 fully saturated rings. The fourth-order valence-electron chi connectivity index (χ4n) is 2.57. The van der Waals surface area contributed by atoms with Crippen LogP contribution in [0.5, 0.6) is 0 Å². The number of hydrogen-bond acceptors (Lipinski definition) is 3. The molecule has 2 atom stereocenters. The summed E-state index contributed by atoms with van der Waals surface area (Å²) in [4.78, 5) is 36.4. The van der Waals surface area contributed by atoms with Crippen LogP contribution in [-0.2, 0) is 4.79 Å². The third kappa shape index (κ3) is 3.21. The lowest BCUT2D eigenvalue weighted by Gasteiger charge is -2.37. The van der Waals surface area contributed by atoms with Crippen LogP contribution in [-0.4, -0.2) is 40.4 Å². The van der Waals surface area contributed by atoms with Gasteiger partial charge in [0.05, 0.1) is 11.5 Å². The number of likely N-dealkylation sites (tertiary alicyclic amines) is 1. The lowest BCUT2D eigenvalue weighted by Crippen LogP contribution is -2.48. The standard InChI is InChI=1S/C15H18N2O4/c1-9-5-6-12(13(16)18)8-17(9)14(19)10-3-2-4-11(7-10)15(20)21/h2-4,7,9,12H,5-6,8H2,1H3,(H2,16,18)(H,20,21). The van der Waals surface area contributed by atoms with Crippen LogP contribution >= 0.6 is 0 Å². The van der Waals surface area contributed by atoms with Gasteiger partial charge >= 0.3 is 5.97 Å². The van der Waals surface area contributed by atoms with Crippen molar-refractivity contribution in [3.63, 3.8) is 0 Å². The van der Waals surface area contributed by atoms with Gasteiger partial charge in [0.25, 0.3) is 5.91 Å². The highest BCUT2D eigenvalue weighted by molar-refractivity contribution is 5.98. The Morgan fingerprint density at radius 2 is 1.90 bits per heavy atom. The van der Waals surface area contributed by atoms with Gasteiger partial charge in [-0.2, -0.15) is 0 Å². The Bertz CT molecular complexity index is 585. The number of rotatable bonds is 3. The van der Waals surface area contributed by atoms with E-state index in [4.69, 9.17) is 10.8 Å². The number of primary amides is 1. The molecule has 1 aliphatic rings. The summed E-state index contributed by atoms with van der Waals surface area (Å²) in [5.74, 6) is -2.09. The minimum atomic E-state index is -1.08. The molecule has 21 heavy (non-hydrogen) atoms. The molecule has 0 aromatic heterocycles. The number of carbonyl (C=O) groups is 3. The van der Waals surface area contributed by atoms with Crippen LogP contribution in [0.1, 0.15) is 40.5 Å². The Morgan fingerprint density at radius 3 is 2.52 bits per heavy atom. The van der Waals surface area contributed by atoms with Crippen LogP contribution in [0, 0.1) is 5.92 Å². The van der Waals surface area contributed by atoms with Crippen LogP contribution in [0.15, 0.2) is 24.3 Å². The molecule has 2 amide bonds. The van der Waals surface area contributed by atoms with E-state index < -0.39 is 11.9 Å². The van der Waals surface area contributed by atoms with Crippen LogP contribution in [0.3, 0.4) is 0 Å². The van der Waals surface area contributed by atoms with Crippen molar-refractivity contribution < 1.29 is 19.5 Å². The zero-order valence-corrected chi connectivity index (χ0v) is 11.8. The fraction of sp³-hybridized carbons (Fsp3) is 0.400. The van der Waals surface area contributed by atoms with Crippen molar-refractivity contribution in [2.75, 3.05) is 6.54 Å². The van der Waals surface area contributed by atoms with Crippen molar-refractivity contribution in [3.8, 4) is 0 Å². The largest absolute Gasteiger partial charge is 0.478 e. The molecule has 6 heteroatoms. The summed E-state index contributed by atoms with van der Waals surface area (Å²) in [6, 6.07) is 5.91. The van der Waals surface area contributed by atoms with Gasteiger partial charge in [0.15, 0.2) is 0 Å². The zero-order chi connectivity index (χ0) is 15.6. The Hall–Kier alpha value is -2.37. The summed E-state index contributed by atoms with van der Waals surface area (Å²) in [5, 5.41) is 8.98. The van der Waals surface area contributed by atoms with E-state index in [2.05, 4.69) is 0 Å². The van der Waals surface area contributed by atoms with Crippen molar-refractivity contribution in [2.45, 2.75) is 25.8 Å². The molecule has 2 rings (SSSR count). The van der Waals surface area contributed by atoms with Gasteiger partial charge in [0.1, 0.15) is 0 Å². The first-order valence-electron chi connectivity index (χ1n) is 6.83. The van der Waals surface area contributed by atoms with Crippen LogP contribution in [0.25, 0.3) is 0 Å². The highest BCUT2D eigenvalue weighted by Gasteiger charge is 2.32. The molecule has 2 unspecified atom stereocenters. The lowest BCUT2D eigenvalue weighted by molar-refractivity contribution is -0.123. The molecule has 0 spiro atoms. The summed E-state index contributed by atoms with van der Waals surface area (Å²) >= 11 is 0. The summed E-state index contributed by atoms with van der Waals surface area (Å²) in [6.07, 6.45) is 1.38. The number of hydrogen-bond donors (Lipinski definition) is 2. The lowest BCUT2D eigenvalue weighted by atomic mass is 9.92. The maximum absolute atomic E-state index is 12.5. The second kappa shape index (κ2) is 5.95. The van der Waals surface area contributed by atoms with Crippen molar-refractivity contribution in [1.82, 2.24) is 4.90 Å². The molecule has 0 bridgehead atoms. The van der Waals surface area contributed by atoms with Gasteiger partial charge in [-0.1, -0.05) is 6.07 Å². The number of piperidine rings is 1. The maximum Gasteiger partial charge on any atom is 0.335 e. The molecule has 3 N–H and O–H groups in total. The maximum atomic E-state index is 12.5. The molecule has 1 aromatic carbocycles. The quantitative estimate of drug-likeness (QED) is 0.870. The van der Waals surface area contributed by atoms with Gasteiger partial charge in [0.2, 0.25) is 5.91 Å². The molecule has 1 heterocycles. The topological polar surface area (TPSA) is 101 Å². The number of carboxylic acids is 1. The van der Waals surface area contributed by atoms with Crippen LogP contribution < -0.4 is 5.73 Å². The van der Waals surface area contributed by atoms with Crippen LogP contribution in [0.2, 0.25) is 0 Å². The number of benzene rings is 1. The predicted octanol–water partition coefficient (Wildman–Crippen LogP) is 1.11. The van der Waals surface area contributed by atoms with E-state index in [1.165, 1.54) is 18.2 Å². The Morgan fingerprint density at radius 1 is 1.24 bits per heavy atom. The number of carbonyl (C=O) groups excluding carboxylic acids is 2. The molecule has 0 radical (unpaired) electrons. The number of aromatic carboxylic acids is 1. The average molecular weight is 290 g/mol. The van der Waals surface area contributed by atoms with Gasteiger partial charge in [-0.25, -0.2) is 4.79 Å². The van der Waals surface area contributed by atoms with E-state index in [9.17, 15) is 14.4 Å². The van der Waals surface area contributed by atoms with Crippen molar-refractivity contribution in [2.24, 2.45) is 11.7 Å². The van der Waals surface area contributed by atoms with E-state index in [-0.39, 0.29) is 30.0 Å². The first-order chi connectivity index (χ1) is 9.90. The SMILES string of the molecule is CC1CCC(C(N)=O)CN1C(=O)c1cccc(C(=O)O)c1. The third-order valence-corrected chi connectivity index (χ3v) is 3.90. The summed E-state index contributed by atoms with van der Waals surface area (Å²) in [6.45, 7) is 2.20. The molecule has 0 saturated carbocycles. The molecular weight excluding hydrogens is 272 g/mol. The van der Waals surface area contributed by atoms with Crippen LogP contribution in [0.4, 0.5) is 0 Å². The predicted molar refractivity (Wildman–Crippen MR) is 75.8 cm³/mol. The van der Waals surface area contributed by atoms with Crippen molar-refractivity contribution >= 4 is 17.8 Å². The van der Waals surface area contributed by atoms with Gasteiger partial charge in [-0.15, -0.1) is 0 Å². The highest BCUT2D eigenvalue weighted by Crippen LogP contribution is 2.23. The molecular formula is C15H18N2O4. The number of carboxylic acid groups (broad SMARTS) is 1. The monoisotopic (exact) mass is 290 g/mol. The van der Waals surface area contributed by atoms with Crippen molar-refractivity contribution in [3.05, 3.63) is 35.4 Å². The van der Waals surface area contributed by atoms with E-state index >= 15 is 0 Å². The average Bonchev–Trinajstić information content (AvgIpc) is 2.47. The molecule has 1 aromatic rings. The normalized spacial score (nSPS) is 21.9. The molecule has 112 valence electrons. The molecule has 1 aliphatic heterocycles. The number of nitrogens with zero attached hydrogens (tertiary/aromatic N) is 1. The number of amides is 2. The van der Waals surface area contributed by atoms with E-state index in [0.717, 1.165) is 0 Å². The minimum absolute atomic E-state index is 0.00147. The van der Waals surface area contributed by atoms with Gasteiger partial charge < -0.3 is 15.7 Å². The second-order valence-electron chi connectivity index (χ2n) is 5.37. The Kier molecular flexibility index (Phi) is 4.26. The Labute approximate surface area is 122 Å². The summed E-state index contributed by atoms with van der Waals surface area (Å²) < 4.78 is 0. The van der Waals surface area contributed by atoms with Gasteiger partial charge in [-0.05, 0) is 38.0 Å². The van der Waals surface area contributed by atoms with Gasteiger partial charge in [0, 0.05) is 18.2 Å². The third-order valence-electron chi connectivity index (χ3n) is 3.90. The Balaban J connectivity index is 2.23. The van der Waals surface area contributed by atoms with Gasteiger partial charge in [-0.3, -0.25) is 9.59 Å². The first-order valence-corrected chi connectivity index (χ1v) is 6.83. The first kappa shape index (κ1) is 15.0. The molecule has 6 nitrogen and oxygen atoms in total. The minimum Gasteiger partial charge on any atom is -0.478 e. The summed E-state index contributed by atoms with van der Waals surface area (Å²) in [5.41, 5.74) is 5.70. The highest BCUT2D eigenvalue weighted by atomic mass is 16.4. The summed E-state index contributed by atoms with van der Waals surface area (Å²) in [7, 11) is 0. The fourth-order valence-corrected chi connectivity index (χ4v) is 2.57. The van der Waals surface area contributed by atoms with Crippen molar-refractivity contribution in [1.29, 1.82) is 0 Å².